The number of anilines is 1. The first-order chi connectivity index (χ1) is 20.6. The minimum absolute atomic E-state index is 0.139. The van der Waals surface area contributed by atoms with Crippen LogP contribution >= 0.6 is 7.75 Å². The van der Waals surface area contributed by atoms with Gasteiger partial charge in [0.2, 0.25) is 0 Å². The molecule has 3 heterocycles. The number of esters is 1. The number of nitrogen functional groups attached to an aromatic ring is 1. The molecule has 1 aliphatic rings. The number of benzene rings is 2. The number of carbonyl (C=O) groups is 1. The molecule has 5 rings (SSSR count). The number of aliphatic hydroxyl groups excluding tert-OH is 1. The van der Waals surface area contributed by atoms with Crippen LogP contribution in [-0.2, 0) is 35.4 Å². The molecule has 0 aliphatic carbocycles. The van der Waals surface area contributed by atoms with E-state index in [1.807, 2.05) is 50.2 Å². The van der Waals surface area contributed by atoms with Gasteiger partial charge in [-0.15, -0.1) is 0 Å². The molecule has 1 fully saturated rings. The van der Waals surface area contributed by atoms with E-state index in [1.165, 1.54) is 6.33 Å². The molecule has 4 aromatic rings. The highest BCUT2D eigenvalue weighted by atomic mass is 31.2. The number of nitrogens with one attached hydrogen (secondary N) is 1. The number of hydrogen-bond donors (Lipinski definition) is 3. The van der Waals surface area contributed by atoms with Gasteiger partial charge in [-0.1, -0.05) is 55.5 Å². The average Bonchev–Trinajstić information content (AvgIpc) is 3.54. The van der Waals surface area contributed by atoms with Crippen molar-refractivity contribution < 1.29 is 33.0 Å². The molecule has 0 saturated carbocycles. The summed E-state index contributed by atoms with van der Waals surface area (Å²) >= 11 is 0. The van der Waals surface area contributed by atoms with Crippen LogP contribution in [0.5, 0.6) is 5.75 Å². The molecule has 2 aromatic carbocycles. The third-order valence-corrected chi connectivity index (χ3v) is 9.26. The van der Waals surface area contributed by atoms with Crippen LogP contribution in [0.1, 0.15) is 32.0 Å². The molecule has 1 saturated heterocycles. The van der Waals surface area contributed by atoms with E-state index in [2.05, 4.69) is 15.2 Å². The van der Waals surface area contributed by atoms with E-state index < -0.39 is 43.5 Å². The maximum absolute atomic E-state index is 14.3. The number of ether oxygens (including phenoxy) is 2. The summed E-state index contributed by atoms with van der Waals surface area (Å²) in [5.41, 5.74) is 7.11. The van der Waals surface area contributed by atoms with Gasteiger partial charge < -0.3 is 24.8 Å². The van der Waals surface area contributed by atoms with Crippen LogP contribution < -0.4 is 15.3 Å². The van der Waals surface area contributed by atoms with Gasteiger partial charge in [0, 0.05) is 5.92 Å². The van der Waals surface area contributed by atoms with Crippen LogP contribution in [0.25, 0.3) is 5.52 Å². The Balaban J connectivity index is 1.39. The van der Waals surface area contributed by atoms with E-state index in [-0.39, 0.29) is 25.4 Å². The number of nitrogens with two attached hydrogens (primary N) is 1. The van der Waals surface area contributed by atoms with Crippen molar-refractivity contribution in [1.82, 2.24) is 19.7 Å². The van der Waals surface area contributed by atoms with Gasteiger partial charge in [0.25, 0.3) is 0 Å². The number of para-hydroxylation sites is 1. The first kappa shape index (κ1) is 30.7. The van der Waals surface area contributed by atoms with E-state index in [9.17, 15) is 14.5 Å². The smallest absolute Gasteiger partial charge is 0.459 e. The summed E-state index contributed by atoms with van der Waals surface area (Å²) in [6, 6.07) is 20.3. The highest BCUT2D eigenvalue weighted by Gasteiger charge is 2.52. The van der Waals surface area contributed by atoms with Gasteiger partial charge in [-0.25, -0.2) is 14.1 Å². The second-order valence-corrected chi connectivity index (χ2v) is 12.2. The third kappa shape index (κ3) is 6.58. The molecular weight excluding hydrogens is 573 g/mol. The lowest BCUT2D eigenvalue weighted by Gasteiger charge is -2.29. The molecule has 0 radical (unpaired) electrons. The topological polar surface area (TPSA) is 160 Å². The van der Waals surface area contributed by atoms with Gasteiger partial charge in [-0.3, -0.25) is 9.32 Å². The maximum Gasteiger partial charge on any atom is 0.459 e. The fourth-order valence-corrected chi connectivity index (χ4v) is 6.74. The van der Waals surface area contributed by atoms with Crippen molar-refractivity contribution in [3.05, 3.63) is 90.4 Å². The Bertz CT molecular complexity index is 1590. The summed E-state index contributed by atoms with van der Waals surface area (Å²) in [5, 5.41) is 18.4. The lowest BCUT2D eigenvalue weighted by Crippen LogP contribution is -2.40. The lowest BCUT2D eigenvalue weighted by atomic mass is 9.85. The summed E-state index contributed by atoms with van der Waals surface area (Å²) in [6.07, 6.45) is -0.362. The fraction of sp³-hybridized carbons (Fsp3) is 0.367. The Hall–Kier alpha value is -3.80. The van der Waals surface area contributed by atoms with E-state index >= 15 is 0 Å². The normalized spacial score (nSPS) is 24.0. The van der Waals surface area contributed by atoms with Crippen LogP contribution in [0.15, 0.2) is 79.1 Å². The molecule has 0 amide bonds. The number of aromatic nitrogens is 3. The summed E-state index contributed by atoms with van der Waals surface area (Å²) < 4.78 is 39.4. The van der Waals surface area contributed by atoms with Gasteiger partial charge in [-0.05, 0) is 50.1 Å². The monoisotopic (exact) mass is 609 g/mol. The second kappa shape index (κ2) is 12.8. The van der Waals surface area contributed by atoms with Gasteiger partial charge in [0.15, 0.2) is 5.82 Å². The lowest BCUT2D eigenvalue weighted by molar-refractivity contribution is -0.145. The minimum Gasteiger partial charge on any atom is -0.465 e. The van der Waals surface area contributed by atoms with Crippen molar-refractivity contribution in [2.45, 2.75) is 51.0 Å². The zero-order valence-electron chi connectivity index (χ0n) is 24.2. The van der Waals surface area contributed by atoms with Crippen molar-refractivity contribution in [2.24, 2.45) is 5.92 Å². The molecule has 0 bridgehead atoms. The maximum atomic E-state index is 14.3. The van der Waals surface area contributed by atoms with Gasteiger partial charge >= 0.3 is 13.7 Å². The third-order valence-electron chi connectivity index (χ3n) is 7.69. The number of fused-ring (bicyclic) bond motifs is 1. The molecule has 6 atom stereocenters. The number of nitrogens with zero attached hydrogens (tertiary/aromatic N) is 3. The number of aliphatic hydroxyl groups is 1. The zero-order valence-corrected chi connectivity index (χ0v) is 25.1. The molecular formula is C30H36N5O7P. The number of rotatable bonds is 12. The van der Waals surface area contributed by atoms with Crippen molar-refractivity contribution in [3.8, 4) is 5.75 Å². The molecule has 43 heavy (non-hydrogen) atoms. The largest absolute Gasteiger partial charge is 0.465 e. The second-order valence-electron chi connectivity index (χ2n) is 10.5. The average molecular weight is 610 g/mol. The molecule has 12 nitrogen and oxygen atoms in total. The van der Waals surface area contributed by atoms with Crippen LogP contribution in [0.3, 0.4) is 0 Å². The summed E-state index contributed by atoms with van der Waals surface area (Å²) in [6.45, 7) is 5.22. The molecule has 228 valence electrons. The van der Waals surface area contributed by atoms with Crippen LogP contribution in [-0.4, -0.2) is 57.1 Å². The molecule has 1 aliphatic heterocycles. The van der Waals surface area contributed by atoms with Gasteiger partial charge in [0.1, 0.15) is 35.3 Å². The molecule has 0 spiro atoms. The van der Waals surface area contributed by atoms with Crippen LogP contribution in [0.4, 0.5) is 5.82 Å². The van der Waals surface area contributed by atoms with Crippen molar-refractivity contribution in [1.29, 1.82) is 0 Å². The number of carbonyl (C=O) groups excluding carboxylic acids is 1. The Kier molecular flexibility index (Phi) is 9.14. The highest BCUT2D eigenvalue weighted by Crippen LogP contribution is 2.49. The Morgan fingerprint density at radius 2 is 1.86 bits per heavy atom. The van der Waals surface area contributed by atoms with E-state index in [4.69, 9.17) is 24.3 Å². The van der Waals surface area contributed by atoms with Crippen LogP contribution in [0.2, 0.25) is 0 Å². The predicted molar refractivity (Wildman–Crippen MR) is 159 cm³/mol. The SMILES string of the molecule is CCOC(=O)C(Cc1ccccc1)NP(=O)(OCC1OC(C)(c2ccc3c(N)ncnn23)C(C)C1O)Oc1ccccc1. The van der Waals surface area contributed by atoms with Crippen LogP contribution in [0, 0.1) is 5.92 Å². The van der Waals surface area contributed by atoms with Crippen molar-refractivity contribution >= 4 is 25.1 Å². The van der Waals surface area contributed by atoms with Crippen molar-refractivity contribution in [2.75, 3.05) is 18.9 Å². The number of hydrogen-bond acceptors (Lipinski definition) is 10. The Morgan fingerprint density at radius 3 is 2.56 bits per heavy atom. The Morgan fingerprint density at radius 1 is 1.16 bits per heavy atom. The Labute approximate surface area is 249 Å². The van der Waals surface area contributed by atoms with E-state index in [0.29, 0.717) is 17.0 Å². The predicted octanol–water partition coefficient (Wildman–Crippen LogP) is 3.89. The van der Waals surface area contributed by atoms with Crippen molar-refractivity contribution in [3.63, 3.8) is 0 Å². The summed E-state index contributed by atoms with van der Waals surface area (Å²) in [7, 11) is -4.24. The van der Waals surface area contributed by atoms with E-state index in [0.717, 1.165) is 5.56 Å². The quantitative estimate of drug-likeness (QED) is 0.158. The zero-order chi connectivity index (χ0) is 30.6. The fourth-order valence-electron chi connectivity index (χ4n) is 5.24. The van der Waals surface area contributed by atoms with Gasteiger partial charge in [-0.2, -0.15) is 10.2 Å². The molecule has 13 heteroatoms. The standard InChI is InChI=1S/C30H36N5O7P/c1-4-39-29(37)23(17-21-11-7-5-8-12-21)34-43(38,42-22-13-9-6-10-14-22)40-18-25-27(36)20(2)30(3,41-25)26-16-15-24-28(31)32-19-33-35(24)26/h5-16,19-20,23,25,27,36H,4,17-18H2,1-3H3,(H,34,38)(H2,31,32,33). The first-order valence-corrected chi connectivity index (χ1v) is 15.6. The molecule has 2 aromatic heterocycles. The van der Waals surface area contributed by atoms with Gasteiger partial charge in [0.05, 0.1) is 25.0 Å². The highest BCUT2D eigenvalue weighted by molar-refractivity contribution is 7.52. The molecule has 6 unspecified atom stereocenters. The first-order valence-electron chi connectivity index (χ1n) is 14.1. The minimum atomic E-state index is -4.24. The summed E-state index contributed by atoms with van der Waals surface area (Å²) in [5.74, 6) is -0.439. The van der Waals surface area contributed by atoms with E-state index in [1.54, 1.807) is 47.8 Å². The summed E-state index contributed by atoms with van der Waals surface area (Å²) in [4.78, 5) is 17.0. The molecule has 4 N–H and O–H groups in total.